The van der Waals surface area contributed by atoms with Crippen LogP contribution in [-0.2, 0) is 6.54 Å². The Bertz CT molecular complexity index is 881. The smallest absolute Gasteiger partial charge is 0.256 e. The quantitative estimate of drug-likeness (QED) is 0.744. The van der Waals surface area contributed by atoms with Crippen molar-refractivity contribution in [2.24, 2.45) is 0 Å². The van der Waals surface area contributed by atoms with Gasteiger partial charge in [0.15, 0.2) is 5.82 Å². The van der Waals surface area contributed by atoms with E-state index in [4.69, 9.17) is 0 Å². The number of hydrogen-bond acceptors (Lipinski definition) is 4. The van der Waals surface area contributed by atoms with E-state index in [1.165, 1.54) is 6.07 Å². The van der Waals surface area contributed by atoms with Gasteiger partial charge in [0.2, 0.25) is 0 Å². The van der Waals surface area contributed by atoms with Crippen molar-refractivity contribution in [1.29, 1.82) is 0 Å². The van der Waals surface area contributed by atoms with Gasteiger partial charge in [0, 0.05) is 17.7 Å². The molecule has 0 saturated carbocycles. The van der Waals surface area contributed by atoms with Gasteiger partial charge in [-0.1, -0.05) is 35.9 Å². The Labute approximate surface area is 144 Å². The van der Waals surface area contributed by atoms with E-state index in [2.05, 4.69) is 20.8 Å². The summed E-state index contributed by atoms with van der Waals surface area (Å²) in [5.41, 5.74) is 2.11. The predicted molar refractivity (Wildman–Crippen MR) is 94.9 cm³/mol. The van der Waals surface area contributed by atoms with Crippen molar-refractivity contribution in [1.82, 2.24) is 10.2 Å². The van der Waals surface area contributed by atoms with Gasteiger partial charge < -0.3 is 10.6 Å². The largest absolute Gasteiger partial charge is 0.364 e. The molecule has 3 rings (SSSR count). The first-order chi connectivity index (χ1) is 12.1. The maximum Gasteiger partial charge on any atom is 0.256 e. The lowest BCUT2D eigenvalue weighted by Gasteiger charge is -2.08. The lowest BCUT2D eigenvalue weighted by Crippen LogP contribution is -2.14. The molecule has 0 fully saturated rings. The van der Waals surface area contributed by atoms with Crippen LogP contribution in [0.15, 0.2) is 60.7 Å². The number of carbonyl (C=O) groups excluding carboxylic acids is 1. The number of halogens is 1. The van der Waals surface area contributed by atoms with Gasteiger partial charge in [-0.05, 0) is 37.3 Å². The minimum absolute atomic E-state index is 0.245. The van der Waals surface area contributed by atoms with Crippen LogP contribution < -0.4 is 10.6 Å². The molecule has 1 heterocycles. The summed E-state index contributed by atoms with van der Waals surface area (Å²) in [6, 6.07) is 17.1. The van der Waals surface area contributed by atoms with Crippen molar-refractivity contribution in [3.05, 3.63) is 83.2 Å². The summed E-state index contributed by atoms with van der Waals surface area (Å²) in [5.74, 6) is 0.329. The number of rotatable bonds is 5. The van der Waals surface area contributed by atoms with Crippen molar-refractivity contribution in [3.63, 3.8) is 0 Å². The second-order valence-electron chi connectivity index (χ2n) is 5.57. The monoisotopic (exact) mass is 336 g/mol. The van der Waals surface area contributed by atoms with Gasteiger partial charge in [-0.2, -0.15) is 0 Å². The van der Waals surface area contributed by atoms with Crippen molar-refractivity contribution in [2.75, 3.05) is 10.6 Å². The summed E-state index contributed by atoms with van der Waals surface area (Å²) < 4.78 is 13.6. The molecule has 1 amide bonds. The molecular formula is C19H17FN4O. The zero-order valence-electron chi connectivity index (χ0n) is 13.7. The van der Waals surface area contributed by atoms with Crippen molar-refractivity contribution in [2.45, 2.75) is 13.5 Å². The fourth-order valence-electron chi connectivity index (χ4n) is 2.30. The number of hydrogen-bond donors (Lipinski definition) is 2. The molecule has 2 aromatic carbocycles. The summed E-state index contributed by atoms with van der Waals surface area (Å²) in [4.78, 5) is 12.2. The zero-order chi connectivity index (χ0) is 17.6. The molecule has 1 aromatic heterocycles. The first-order valence-electron chi connectivity index (χ1n) is 7.81. The molecule has 5 nitrogen and oxygen atoms in total. The molecule has 0 atom stereocenters. The van der Waals surface area contributed by atoms with Crippen molar-refractivity contribution < 1.29 is 9.18 Å². The Kier molecular flexibility index (Phi) is 4.99. The first-order valence-corrected chi connectivity index (χ1v) is 7.81. The third-order valence-corrected chi connectivity index (χ3v) is 3.60. The van der Waals surface area contributed by atoms with E-state index in [-0.39, 0.29) is 11.7 Å². The molecular weight excluding hydrogens is 319 g/mol. The first kappa shape index (κ1) is 16.6. The van der Waals surface area contributed by atoms with E-state index >= 15 is 0 Å². The Hall–Kier alpha value is -3.28. The van der Waals surface area contributed by atoms with Gasteiger partial charge >= 0.3 is 0 Å². The van der Waals surface area contributed by atoms with Crippen LogP contribution in [-0.4, -0.2) is 16.1 Å². The van der Waals surface area contributed by atoms with Crippen LogP contribution in [0.25, 0.3) is 0 Å². The molecule has 0 aliphatic rings. The number of nitrogens with zero attached hydrogens (tertiary/aromatic N) is 2. The van der Waals surface area contributed by atoms with Gasteiger partial charge in [-0.3, -0.25) is 4.79 Å². The van der Waals surface area contributed by atoms with Crippen LogP contribution in [0.3, 0.4) is 0 Å². The highest BCUT2D eigenvalue weighted by atomic mass is 19.1. The van der Waals surface area contributed by atoms with Crippen LogP contribution in [0.4, 0.5) is 16.0 Å². The molecule has 2 N–H and O–H groups in total. The molecule has 25 heavy (non-hydrogen) atoms. The lowest BCUT2D eigenvalue weighted by molar-refractivity contribution is 0.102. The topological polar surface area (TPSA) is 66.9 Å². The van der Waals surface area contributed by atoms with E-state index in [0.717, 1.165) is 5.56 Å². The van der Waals surface area contributed by atoms with Crippen LogP contribution in [0.1, 0.15) is 21.5 Å². The molecule has 0 bridgehead atoms. The maximum absolute atomic E-state index is 13.6. The van der Waals surface area contributed by atoms with Gasteiger partial charge in [0.1, 0.15) is 11.6 Å². The molecule has 0 aliphatic carbocycles. The number of amides is 1. The third-order valence-electron chi connectivity index (χ3n) is 3.60. The molecule has 3 aromatic rings. The fraction of sp³-hybridized carbons (Fsp3) is 0.105. The number of nitrogens with one attached hydrogen (secondary N) is 2. The van der Waals surface area contributed by atoms with Gasteiger partial charge in [0.25, 0.3) is 5.91 Å². The maximum atomic E-state index is 13.6. The van der Waals surface area contributed by atoms with Gasteiger partial charge in [-0.25, -0.2) is 4.39 Å². The number of aromatic nitrogens is 2. The van der Waals surface area contributed by atoms with E-state index < -0.39 is 0 Å². The van der Waals surface area contributed by atoms with Crippen LogP contribution in [0, 0.1) is 12.7 Å². The average molecular weight is 336 g/mol. The highest BCUT2D eigenvalue weighted by Crippen LogP contribution is 2.12. The van der Waals surface area contributed by atoms with E-state index in [9.17, 15) is 9.18 Å². The summed E-state index contributed by atoms with van der Waals surface area (Å²) >= 11 is 0. The third kappa shape index (κ3) is 4.38. The zero-order valence-corrected chi connectivity index (χ0v) is 13.7. The SMILES string of the molecule is Cc1cccc(C(=O)Nc2ccc(NCc3ccccc3F)nn2)c1. The minimum atomic E-state index is -0.273. The number of aryl methyl sites for hydroxylation is 1. The standard InChI is InChI=1S/C19H17FN4O/c1-13-5-4-7-14(11-13)19(25)22-18-10-9-17(23-24-18)21-12-15-6-2-3-8-16(15)20/h2-11H,12H2,1H3,(H,21,23)(H,22,24,25). The summed E-state index contributed by atoms with van der Waals surface area (Å²) in [6.07, 6.45) is 0. The highest BCUT2D eigenvalue weighted by molar-refractivity contribution is 6.03. The Morgan fingerprint density at radius 1 is 1.00 bits per heavy atom. The molecule has 0 aliphatic heterocycles. The lowest BCUT2D eigenvalue weighted by atomic mass is 10.1. The number of anilines is 2. The minimum Gasteiger partial charge on any atom is -0.364 e. The molecule has 0 saturated heterocycles. The highest BCUT2D eigenvalue weighted by Gasteiger charge is 2.07. The van der Waals surface area contributed by atoms with E-state index in [1.54, 1.807) is 42.5 Å². The number of carbonyl (C=O) groups is 1. The molecule has 126 valence electrons. The Morgan fingerprint density at radius 3 is 2.48 bits per heavy atom. The summed E-state index contributed by atoms with van der Waals surface area (Å²) in [5, 5.41) is 13.6. The molecule has 0 radical (unpaired) electrons. The van der Waals surface area contributed by atoms with Gasteiger partial charge in [-0.15, -0.1) is 10.2 Å². The number of benzene rings is 2. The van der Waals surface area contributed by atoms with Crippen LogP contribution >= 0.6 is 0 Å². The second-order valence-corrected chi connectivity index (χ2v) is 5.57. The van der Waals surface area contributed by atoms with Gasteiger partial charge in [0.05, 0.1) is 0 Å². The summed E-state index contributed by atoms with van der Waals surface area (Å²) in [6.45, 7) is 2.23. The Morgan fingerprint density at radius 2 is 1.76 bits per heavy atom. The average Bonchev–Trinajstić information content (AvgIpc) is 2.62. The van der Waals surface area contributed by atoms with Crippen LogP contribution in [0.2, 0.25) is 0 Å². The second kappa shape index (κ2) is 7.53. The predicted octanol–water partition coefficient (Wildman–Crippen LogP) is 3.79. The van der Waals surface area contributed by atoms with Crippen molar-refractivity contribution in [3.8, 4) is 0 Å². The van der Waals surface area contributed by atoms with Crippen LogP contribution in [0.5, 0.6) is 0 Å². The molecule has 0 spiro atoms. The normalized spacial score (nSPS) is 10.3. The summed E-state index contributed by atoms with van der Waals surface area (Å²) in [7, 11) is 0. The molecule has 6 heteroatoms. The molecule has 0 unspecified atom stereocenters. The van der Waals surface area contributed by atoms with Crippen molar-refractivity contribution >= 4 is 17.5 Å². The van der Waals surface area contributed by atoms with E-state index in [0.29, 0.717) is 29.3 Å². The fourth-order valence-corrected chi connectivity index (χ4v) is 2.30. The van der Waals surface area contributed by atoms with E-state index in [1.807, 2.05) is 19.1 Å². The Balaban J connectivity index is 1.60.